The largest absolute Gasteiger partial charge is 0.506 e. The first-order valence-electron chi connectivity index (χ1n) is 7.10. The second-order valence-corrected chi connectivity index (χ2v) is 7.90. The molecule has 0 aliphatic carbocycles. The summed E-state index contributed by atoms with van der Waals surface area (Å²) in [5.41, 5.74) is -0.346. The average Bonchev–Trinajstić information content (AvgIpc) is 2.44. The molecule has 0 amide bonds. The van der Waals surface area contributed by atoms with Crippen LogP contribution in [0, 0.1) is 0 Å². The van der Waals surface area contributed by atoms with Crippen LogP contribution in [0.4, 0.5) is 4.79 Å². The summed E-state index contributed by atoms with van der Waals surface area (Å²) in [5.74, 6) is 0. The molecule has 0 bridgehead atoms. The lowest BCUT2D eigenvalue weighted by atomic mass is 10.0. The number of carbonyl (C=O) groups is 1. The van der Waals surface area contributed by atoms with E-state index in [4.69, 9.17) is 39.9 Å². The Kier molecular flexibility index (Phi) is 7.17. The average molecular weight is 394 g/mol. The Morgan fingerprint density at radius 1 is 1.08 bits per heavy atom. The van der Waals surface area contributed by atoms with E-state index < -0.39 is 21.7 Å². The SMILES string of the molecule is CC(C)(OC(=O)O)C(Cl)(Cl)Cl.CC(O)c1cccc2ccccc12. The van der Waals surface area contributed by atoms with E-state index in [1.54, 1.807) is 6.92 Å². The first kappa shape index (κ1) is 20.8. The van der Waals surface area contributed by atoms with Gasteiger partial charge in [0.1, 0.15) is 0 Å². The van der Waals surface area contributed by atoms with Crippen LogP contribution in [0.25, 0.3) is 10.8 Å². The van der Waals surface area contributed by atoms with Gasteiger partial charge in [0.15, 0.2) is 5.60 Å². The van der Waals surface area contributed by atoms with Gasteiger partial charge in [0.05, 0.1) is 6.10 Å². The third kappa shape index (κ3) is 5.71. The van der Waals surface area contributed by atoms with Crippen molar-refractivity contribution >= 4 is 51.7 Å². The van der Waals surface area contributed by atoms with E-state index in [-0.39, 0.29) is 0 Å². The molecule has 24 heavy (non-hydrogen) atoms. The molecule has 1 unspecified atom stereocenters. The van der Waals surface area contributed by atoms with Crippen molar-refractivity contribution in [3.63, 3.8) is 0 Å². The van der Waals surface area contributed by atoms with Crippen LogP contribution in [0.1, 0.15) is 32.4 Å². The molecule has 2 aromatic carbocycles. The molecule has 0 saturated heterocycles. The normalized spacial score (nSPS) is 13.0. The van der Waals surface area contributed by atoms with Gasteiger partial charge in [-0.2, -0.15) is 0 Å². The molecule has 132 valence electrons. The van der Waals surface area contributed by atoms with Gasteiger partial charge in [-0.05, 0) is 37.1 Å². The summed E-state index contributed by atoms with van der Waals surface area (Å²) in [7, 11) is 0. The third-order valence-corrected chi connectivity index (χ3v) is 4.66. The topological polar surface area (TPSA) is 66.8 Å². The van der Waals surface area contributed by atoms with Gasteiger partial charge in [0, 0.05) is 0 Å². The molecule has 0 heterocycles. The van der Waals surface area contributed by atoms with Crippen LogP contribution >= 0.6 is 34.8 Å². The number of ether oxygens (including phenoxy) is 1. The van der Waals surface area contributed by atoms with Crippen molar-refractivity contribution in [3.05, 3.63) is 48.0 Å². The quantitative estimate of drug-likeness (QED) is 0.505. The van der Waals surface area contributed by atoms with E-state index in [1.807, 2.05) is 30.3 Å². The Morgan fingerprint density at radius 3 is 2.08 bits per heavy atom. The summed E-state index contributed by atoms with van der Waals surface area (Å²) < 4.78 is 2.56. The lowest BCUT2D eigenvalue weighted by molar-refractivity contribution is 0.00613. The van der Waals surface area contributed by atoms with E-state index in [0.29, 0.717) is 0 Å². The molecule has 0 saturated carbocycles. The van der Waals surface area contributed by atoms with Crippen molar-refractivity contribution in [3.8, 4) is 0 Å². The first-order valence-corrected chi connectivity index (χ1v) is 8.23. The summed E-state index contributed by atoms with van der Waals surface area (Å²) in [6, 6.07) is 14.1. The highest BCUT2D eigenvalue weighted by Crippen LogP contribution is 2.40. The smallest absolute Gasteiger partial charge is 0.450 e. The molecular formula is C17H19Cl3O4. The van der Waals surface area contributed by atoms with Crippen LogP contribution in [0.5, 0.6) is 0 Å². The van der Waals surface area contributed by atoms with Crippen LogP contribution in [-0.2, 0) is 4.74 Å². The Labute approximate surface area is 155 Å². The number of hydrogen-bond acceptors (Lipinski definition) is 3. The van der Waals surface area contributed by atoms with E-state index in [2.05, 4.69) is 16.9 Å². The monoisotopic (exact) mass is 392 g/mol. The van der Waals surface area contributed by atoms with Crippen molar-refractivity contribution < 1.29 is 19.7 Å². The van der Waals surface area contributed by atoms with Crippen molar-refractivity contribution in [1.29, 1.82) is 0 Å². The summed E-state index contributed by atoms with van der Waals surface area (Å²) >= 11 is 16.2. The Bertz CT molecular complexity index is 688. The lowest BCUT2D eigenvalue weighted by Crippen LogP contribution is -2.40. The molecule has 0 aromatic heterocycles. The maximum Gasteiger partial charge on any atom is 0.506 e. The van der Waals surface area contributed by atoms with Gasteiger partial charge in [-0.15, -0.1) is 0 Å². The number of aliphatic hydroxyl groups excluding tert-OH is 1. The second kappa shape index (κ2) is 8.26. The van der Waals surface area contributed by atoms with Gasteiger partial charge in [0.25, 0.3) is 0 Å². The van der Waals surface area contributed by atoms with Gasteiger partial charge >= 0.3 is 6.16 Å². The molecule has 7 heteroatoms. The number of alkyl halides is 3. The maximum atomic E-state index is 10.1. The number of benzene rings is 2. The highest BCUT2D eigenvalue weighted by molar-refractivity contribution is 6.68. The number of carboxylic acid groups (broad SMARTS) is 1. The zero-order chi connectivity index (χ0) is 18.5. The van der Waals surface area contributed by atoms with Crippen molar-refractivity contribution in [1.82, 2.24) is 0 Å². The molecule has 1 atom stereocenters. The minimum atomic E-state index is -1.76. The molecule has 0 fully saturated rings. The molecule has 0 radical (unpaired) electrons. The fraction of sp³-hybridized carbons (Fsp3) is 0.353. The number of halogens is 3. The van der Waals surface area contributed by atoms with Crippen LogP contribution in [0.3, 0.4) is 0 Å². The van der Waals surface area contributed by atoms with E-state index >= 15 is 0 Å². The molecule has 0 aliphatic heterocycles. The van der Waals surface area contributed by atoms with Crippen LogP contribution in [-0.4, -0.2) is 25.8 Å². The molecule has 4 nitrogen and oxygen atoms in total. The van der Waals surface area contributed by atoms with Crippen LogP contribution < -0.4 is 0 Å². The fourth-order valence-corrected chi connectivity index (χ4v) is 2.01. The third-order valence-electron chi connectivity index (χ3n) is 3.30. The zero-order valence-electron chi connectivity index (χ0n) is 13.5. The van der Waals surface area contributed by atoms with Crippen LogP contribution in [0.2, 0.25) is 0 Å². The first-order chi connectivity index (χ1) is 11.0. The zero-order valence-corrected chi connectivity index (χ0v) is 15.7. The van der Waals surface area contributed by atoms with Gasteiger partial charge in [0.2, 0.25) is 3.79 Å². The van der Waals surface area contributed by atoms with E-state index in [9.17, 15) is 9.90 Å². The number of aliphatic hydroxyl groups is 1. The van der Waals surface area contributed by atoms with Crippen molar-refractivity contribution in [2.24, 2.45) is 0 Å². The Hall–Kier alpha value is -1.20. The van der Waals surface area contributed by atoms with Gasteiger partial charge in [-0.3, -0.25) is 0 Å². The predicted octanol–water partition coefficient (Wildman–Crippen LogP) is 5.72. The summed E-state index contributed by atoms with van der Waals surface area (Å²) in [4.78, 5) is 10.1. The molecule has 2 aromatic rings. The number of fused-ring (bicyclic) bond motifs is 1. The molecular weight excluding hydrogens is 375 g/mol. The minimum Gasteiger partial charge on any atom is -0.450 e. The van der Waals surface area contributed by atoms with Gasteiger partial charge in [-0.1, -0.05) is 77.3 Å². The maximum absolute atomic E-state index is 10.1. The lowest BCUT2D eigenvalue weighted by Gasteiger charge is -2.30. The predicted molar refractivity (Wildman–Crippen MR) is 98.1 cm³/mol. The fourth-order valence-electron chi connectivity index (χ4n) is 1.89. The minimum absolute atomic E-state index is 0.397. The highest BCUT2D eigenvalue weighted by atomic mass is 35.6. The second-order valence-electron chi connectivity index (χ2n) is 5.62. The molecule has 2 rings (SSSR count). The highest BCUT2D eigenvalue weighted by Gasteiger charge is 2.44. The molecule has 0 aliphatic rings. The number of hydrogen-bond donors (Lipinski definition) is 2. The van der Waals surface area contributed by atoms with Gasteiger partial charge in [-0.25, -0.2) is 4.79 Å². The van der Waals surface area contributed by atoms with Crippen LogP contribution in [0.15, 0.2) is 42.5 Å². The Morgan fingerprint density at radius 2 is 1.62 bits per heavy atom. The van der Waals surface area contributed by atoms with Gasteiger partial charge < -0.3 is 14.9 Å². The summed E-state index contributed by atoms with van der Waals surface area (Å²) in [6.45, 7) is 4.53. The number of rotatable bonds is 2. The van der Waals surface area contributed by atoms with Crippen molar-refractivity contribution in [2.75, 3.05) is 0 Å². The Balaban J connectivity index is 0.000000245. The molecule has 0 spiro atoms. The molecule has 2 N–H and O–H groups in total. The van der Waals surface area contributed by atoms with E-state index in [1.165, 1.54) is 19.2 Å². The summed E-state index contributed by atoms with van der Waals surface area (Å²) in [6.07, 6.45) is -1.87. The standard InChI is InChI=1S/C12H12O.C5H7Cl3O3/c1-9(13)11-8-4-6-10-5-2-3-7-12(10)11;1-4(2,5(6,7)8)11-3(9)10/h2-9,13H,1H3;1-2H3,(H,9,10). The van der Waals surface area contributed by atoms with Crippen molar-refractivity contribution in [2.45, 2.75) is 36.3 Å². The van der Waals surface area contributed by atoms with E-state index in [0.717, 1.165) is 10.9 Å². The summed E-state index contributed by atoms with van der Waals surface area (Å²) in [5, 5.41) is 20.1.